The van der Waals surface area contributed by atoms with E-state index in [4.69, 9.17) is 27.7 Å². The summed E-state index contributed by atoms with van der Waals surface area (Å²) >= 11 is 14.3. The molecule has 8 heteroatoms. The monoisotopic (exact) mass is 448 g/mol. The minimum Gasteiger partial charge on any atom is -0.339 e. The van der Waals surface area contributed by atoms with Crippen LogP contribution in [0.15, 0.2) is 28.9 Å². The molecule has 0 unspecified atom stereocenters. The third-order valence-electron chi connectivity index (χ3n) is 3.22. The smallest absolute Gasteiger partial charge is 0.228 e. The van der Waals surface area contributed by atoms with E-state index in [-0.39, 0.29) is 0 Å². The molecule has 0 fully saturated rings. The highest BCUT2D eigenvalue weighted by atomic mass is 127. The van der Waals surface area contributed by atoms with E-state index in [2.05, 4.69) is 37.8 Å². The molecule has 2 heterocycles. The number of nitrogens with zero attached hydrogens (tertiary/aromatic N) is 4. The minimum absolute atomic E-state index is 0.462. The van der Waals surface area contributed by atoms with Gasteiger partial charge < -0.3 is 4.52 Å². The van der Waals surface area contributed by atoms with Gasteiger partial charge in [0.25, 0.3) is 0 Å². The Morgan fingerprint density at radius 1 is 1.32 bits per heavy atom. The summed E-state index contributed by atoms with van der Waals surface area (Å²) in [5.41, 5.74) is 1.83. The van der Waals surface area contributed by atoms with Gasteiger partial charge in [0, 0.05) is 22.7 Å². The number of aromatic nitrogens is 4. The SMILES string of the molecule is Cc1c(I)cnn1CCc1nc(-c2ccc(Cl)cc2Cl)no1. The molecule has 0 spiro atoms. The quantitative estimate of drug-likeness (QED) is 0.555. The van der Waals surface area contributed by atoms with Gasteiger partial charge in [-0.2, -0.15) is 10.1 Å². The highest BCUT2D eigenvalue weighted by Gasteiger charge is 2.13. The number of benzene rings is 1. The second-order valence-corrected chi connectivity index (χ2v) is 6.69. The average Bonchev–Trinajstić information content (AvgIpc) is 3.06. The van der Waals surface area contributed by atoms with Crippen molar-refractivity contribution in [3.63, 3.8) is 0 Å². The van der Waals surface area contributed by atoms with Gasteiger partial charge in [-0.3, -0.25) is 4.68 Å². The molecule has 0 radical (unpaired) electrons. The van der Waals surface area contributed by atoms with Crippen LogP contribution in [0.25, 0.3) is 11.4 Å². The van der Waals surface area contributed by atoms with Crippen molar-refractivity contribution in [2.45, 2.75) is 19.9 Å². The molecule has 3 rings (SSSR count). The summed E-state index contributed by atoms with van der Waals surface area (Å²) < 4.78 is 8.33. The van der Waals surface area contributed by atoms with Gasteiger partial charge in [0.15, 0.2) is 0 Å². The van der Waals surface area contributed by atoms with Crippen LogP contribution in [-0.4, -0.2) is 19.9 Å². The topological polar surface area (TPSA) is 56.7 Å². The molecule has 0 N–H and O–H groups in total. The number of aryl methyl sites for hydroxylation is 2. The largest absolute Gasteiger partial charge is 0.339 e. The van der Waals surface area contributed by atoms with Gasteiger partial charge >= 0.3 is 0 Å². The molecule has 114 valence electrons. The van der Waals surface area contributed by atoms with Crippen LogP contribution in [0.2, 0.25) is 10.0 Å². The van der Waals surface area contributed by atoms with Gasteiger partial charge in [-0.1, -0.05) is 28.4 Å². The van der Waals surface area contributed by atoms with Crippen LogP contribution in [0.4, 0.5) is 0 Å². The molecule has 5 nitrogen and oxygen atoms in total. The summed E-state index contributed by atoms with van der Waals surface area (Å²) in [5.74, 6) is 1.01. The molecule has 1 aromatic carbocycles. The van der Waals surface area contributed by atoms with E-state index in [1.54, 1.807) is 18.2 Å². The van der Waals surface area contributed by atoms with E-state index in [0.29, 0.717) is 40.3 Å². The molecule has 3 aromatic rings. The molecule has 0 aliphatic rings. The van der Waals surface area contributed by atoms with Gasteiger partial charge in [-0.15, -0.1) is 0 Å². The van der Waals surface area contributed by atoms with Gasteiger partial charge in [-0.05, 0) is 47.7 Å². The predicted octanol–water partition coefficient (Wildman–Crippen LogP) is 4.40. The highest BCUT2D eigenvalue weighted by Crippen LogP contribution is 2.28. The molecule has 0 bridgehead atoms. The highest BCUT2D eigenvalue weighted by molar-refractivity contribution is 14.1. The lowest BCUT2D eigenvalue weighted by atomic mass is 10.2. The zero-order valence-corrected chi connectivity index (χ0v) is 15.2. The number of halogens is 3. The van der Waals surface area contributed by atoms with Crippen LogP contribution >= 0.6 is 45.8 Å². The Balaban J connectivity index is 1.75. The Morgan fingerprint density at radius 3 is 2.82 bits per heavy atom. The van der Waals surface area contributed by atoms with Crippen molar-refractivity contribution in [2.75, 3.05) is 0 Å². The molecular formula is C14H11Cl2IN4O. The van der Waals surface area contributed by atoms with E-state index in [9.17, 15) is 0 Å². The fourth-order valence-electron chi connectivity index (χ4n) is 1.99. The number of rotatable bonds is 4. The molecule has 0 saturated carbocycles. The molecule has 0 atom stereocenters. The molecule has 0 amide bonds. The fraction of sp³-hybridized carbons (Fsp3) is 0.214. The first-order valence-electron chi connectivity index (χ1n) is 6.50. The lowest BCUT2D eigenvalue weighted by molar-refractivity contribution is 0.368. The Labute approximate surface area is 150 Å². The third kappa shape index (κ3) is 3.28. The molecule has 0 aliphatic carbocycles. The van der Waals surface area contributed by atoms with Crippen LogP contribution in [0, 0.1) is 10.5 Å². The van der Waals surface area contributed by atoms with Crippen molar-refractivity contribution < 1.29 is 4.52 Å². The van der Waals surface area contributed by atoms with E-state index < -0.39 is 0 Å². The summed E-state index contributed by atoms with van der Waals surface area (Å²) in [5, 5.41) is 9.34. The van der Waals surface area contributed by atoms with Crippen LogP contribution < -0.4 is 0 Å². The predicted molar refractivity (Wildman–Crippen MR) is 93.1 cm³/mol. The third-order valence-corrected chi connectivity index (χ3v) is 4.83. The van der Waals surface area contributed by atoms with Crippen LogP contribution in [0.5, 0.6) is 0 Å². The summed E-state index contributed by atoms with van der Waals surface area (Å²) in [7, 11) is 0. The Hall–Kier alpha value is -1.12. The Kier molecular flexibility index (Phi) is 4.70. The summed E-state index contributed by atoms with van der Waals surface area (Å²) in [6.07, 6.45) is 2.44. The number of hydrogen-bond donors (Lipinski definition) is 0. The van der Waals surface area contributed by atoms with E-state index in [1.807, 2.05) is 17.8 Å². The van der Waals surface area contributed by atoms with Crippen molar-refractivity contribution in [3.05, 3.63) is 49.6 Å². The van der Waals surface area contributed by atoms with Crippen LogP contribution in [0.1, 0.15) is 11.6 Å². The molecule has 0 aliphatic heterocycles. The van der Waals surface area contributed by atoms with E-state index >= 15 is 0 Å². The maximum Gasteiger partial charge on any atom is 0.228 e. The fourth-order valence-corrected chi connectivity index (χ4v) is 2.88. The summed E-state index contributed by atoms with van der Waals surface area (Å²) in [6, 6.07) is 5.18. The zero-order valence-electron chi connectivity index (χ0n) is 11.6. The van der Waals surface area contributed by atoms with Crippen LogP contribution in [0.3, 0.4) is 0 Å². The lowest BCUT2D eigenvalue weighted by Gasteiger charge is -2.01. The molecule has 2 aromatic heterocycles. The van der Waals surface area contributed by atoms with Crippen molar-refractivity contribution in [2.24, 2.45) is 0 Å². The Bertz CT molecular complexity index is 815. The lowest BCUT2D eigenvalue weighted by Crippen LogP contribution is -2.05. The van der Waals surface area contributed by atoms with E-state index in [0.717, 1.165) is 9.26 Å². The number of hydrogen-bond acceptors (Lipinski definition) is 4. The van der Waals surface area contributed by atoms with Crippen LogP contribution in [-0.2, 0) is 13.0 Å². The summed E-state index contributed by atoms with van der Waals surface area (Å²) in [4.78, 5) is 4.37. The maximum absolute atomic E-state index is 6.15. The Morgan fingerprint density at radius 2 is 2.14 bits per heavy atom. The first-order chi connectivity index (χ1) is 10.5. The minimum atomic E-state index is 0.462. The summed E-state index contributed by atoms with van der Waals surface area (Å²) in [6.45, 7) is 2.71. The zero-order chi connectivity index (χ0) is 15.7. The second kappa shape index (κ2) is 6.55. The van der Waals surface area contributed by atoms with Crippen molar-refractivity contribution in [1.29, 1.82) is 0 Å². The van der Waals surface area contributed by atoms with E-state index in [1.165, 1.54) is 0 Å². The molecule has 22 heavy (non-hydrogen) atoms. The molecule has 0 saturated heterocycles. The first-order valence-corrected chi connectivity index (χ1v) is 8.34. The van der Waals surface area contributed by atoms with Gasteiger partial charge in [0.2, 0.25) is 11.7 Å². The van der Waals surface area contributed by atoms with Gasteiger partial charge in [-0.25, -0.2) is 0 Å². The second-order valence-electron chi connectivity index (χ2n) is 4.69. The molecular weight excluding hydrogens is 438 g/mol. The standard InChI is InChI=1S/C14H11Cl2IN4O/c1-8-12(17)7-18-21(8)5-4-13-19-14(20-22-13)10-3-2-9(15)6-11(10)16/h2-3,6-7H,4-5H2,1H3. The van der Waals surface area contributed by atoms with Crippen molar-refractivity contribution >= 4 is 45.8 Å². The normalized spacial score (nSPS) is 11.1. The van der Waals surface area contributed by atoms with Gasteiger partial charge in [0.05, 0.1) is 21.3 Å². The van der Waals surface area contributed by atoms with Crippen molar-refractivity contribution in [3.8, 4) is 11.4 Å². The van der Waals surface area contributed by atoms with Gasteiger partial charge in [0.1, 0.15) is 0 Å². The maximum atomic E-state index is 6.15. The average molecular weight is 449 g/mol. The first kappa shape index (κ1) is 15.8. The van der Waals surface area contributed by atoms with Crippen molar-refractivity contribution in [1.82, 2.24) is 19.9 Å².